The van der Waals surface area contributed by atoms with Crippen molar-refractivity contribution >= 4 is 17.2 Å². The second-order valence-electron chi connectivity index (χ2n) is 6.77. The van der Waals surface area contributed by atoms with Crippen LogP contribution in [-0.2, 0) is 18.4 Å². The van der Waals surface area contributed by atoms with Crippen molar-refractivity contribution in [2.75, 3.05) is 18.2 Å². The summed E-state index contributed by atoms with van der Waals surface area (Å²) in [6.07, 6.45) is 7.41. The number of hydrogen-bond donors (Lipinski definition) is 2. The van der Waals surface area contributed by atoms with E-state index in [-0.39, 0.29) is 6.04 Å². The number of fused-ring (bicyclic) bond motifs is 1. The van der Waals surface area contributed by atoms with Crippen LogP contribution in [0.15, 0.2) is 49.1 Å². The van der Waals surface area contributed by atoms with E-state index in [0.29, 0.717) is 18.2 Å². The number of anilines is 2. The van der Waals surface area contributed by atoms with Crippen LogP contribution in [0.25, 0.3) is 16.8 Å². The SMILES string of the molecule is COCc1ccc2ccc([C@@H](C)Nc3nc(-c4cnn(C)c4)cnc3N)cn12. The Morgan fingerprint density at radius 3 is 2.75 bits per heavy atom. The molecule has 4 rings (SSSR count). The molecule has 0 spiro atoms. The van der Waals surface area contributed by atoms with E-state index in [4.69, 9.17) is 10.5 Å². The normalized spacial score (nSPS) is 12.4. The molecule has 0 aliphatic heterocycles. The standard InChI is InChI=1S/C20H23N7O/c1-13(14-4-5-16-6-7-17(12-28-3)27(16)11-14)24-20-19(21)22-9-18(25-20)15-8-23-26(2)10-15/h4-11,13H,12H2,1-3H3,(H2,21,22)(H,24,25)/t13-/m1/s1. The van der Waals surface area contributed by atoms with Crippen LogP contribution in [0.4, 0.5) is 11.6 Å². The van der Waals surface area contributed by atoms with Crippen molar-refractivity contribution in [1.29, 1.82) is 0 Å². The molecule has 0 amide bonds. The maximum absolute atomic E-state index is 6.06. The number of ether oxygens (including phenoxy) is 1. The van der Waals surface area contributed by atoms with Gasteiger partial charge in [0.05, 0.1) is 30.7 Å². The topological polar surface area (TPSA) is 95.3 Å². The van der Waals surface area contributed by atoms with E-state index >= 15 is 0 Å². The van der Waals surface area contributed by atoms with Gasteiger partial charge in [-0.05, 0) is 30.7 Å². The molecule has 0 saturated carbocycles. The Morgan fingerprint density at radius 2 is 2.00 bits per heavy atom. The van der Waals surface area contributed by atoms with Crippen molar-refractivity contribution in [3.63, 3.8) is 0 Å². The van der Waals surface area contributed by atoms with Gasteiger partial charge in [0.15, 0.2) is 11.6 Å². The van der Waals surface area contributed by atoms with Crippen molar-refractivity contribution in [3.8, 4) is 11.3 Å². The number of aromatic nitrogens is 5. The average Bonchev–Trinajstić information content (AvgIpc) is 3.30. The van der Waals surface area contributed by atoms with Crippen LogP contribution in [0.1, 0.15) is 24.2 Å². The number of nitrogens with two attached hydrogens (primary N) is 1. The molecule has 0 bridgehead atoms. The van der Waals surface area contributed by atoms with Gasteiger partial charge >= 0.3 is 0 Å². The number of nitrogen functional groups attached to an aromatic ring is 1. The Kier molecular flexibility index (Phi) is 4.70. The minimum absolute atomic E-state index is 0.0112. The van der Waals surface area contributed by atoms with Gasteiger partial charge in [-0.15, -0.1) is 0 Å². The fourth-order valence-corrected chi connectivity index (χ4v) is 3.18. The van der Waals surface area contributed by atoms with Gasteiger partial charge in [0.2, 0.25) is 0 Å². The minimum atomic E-state index is -0.0112. The van der Waals surface area contributed by atoms with Crippen LogP contribution < -0.4 is 11.1 Å². The molecule has 0 fully saturated rings. The first kappa shape index (κ1) is 18.0. The molecular weight excluding hydrogens is 354 g/mol. The highest BCUT2D eigenvalue weighted by atomic mass is 16.5. The largest absolute Gasteiger partial charge is 0.381 e. The number of nitrogens with one attached hydrogen (secondary N) is 1. The van der Waals surface area contributed by atoms with Crippen molar-refractivity contribution in [2.24, 2.45) is 7.05 Å². The van der Waals surface area contributed by atoms with Crippen LogP contribution >= 0.6 is 0 Å². The molecule has 3 N–H and O–H groups in total. The molecule has 0 saturated heterocycles. The van der Waals surface area contributed by atoms with E-state index in [1.165, 1.54) is 0 Å². The van der Waals surface area contributed by atoms with E-state index in [2.05, 4.69) is 62.2 Å². The third-order valence-electron chi connectivity index (χ3n) is 4.71. The van der Waals surface area contributed by atoms with Crippen LogP contribution in [0, 0.1) is 0 Å². The first-order valence-electron chi connectivity index (χ1n) is 9.02. The molecule has 1 atom stereocenters. The van der Waals surface area contributed by atoms with E-state index in [1.54, 1.807) is 24.2 Å². The maximum Gasteiger partial charge on any atom is 0.170 e. The number of nitrogens with zero attached hydrogens (tertiary/aromatic N) is 5. The summed E-state index contributed by atoms with van der Waals surface area (Å²) in [5.41, 5.74) is 11.0. The van der Waals surface area contributed by atoms with Gasteiger partial charge < -0.3 is 20.2 Å². The Morgan fingerprint density at radius 1 is 1.18 bits per heavy atom. The predicted molar refractivity (Wildman–Crippen MR) is 109 cm³/mol. The fourth-order valence-electron chi connectivity index (χ4n) is 3.18. The highest BCUT2D eigenvalue weighted by Crippen LogP contribution is 2.25. The fraction of sp³-hybridized carbons (Fsp3) is 0.250. The van der Waals surface area contributed by atoms with Gasteiger partial charge in [0, 0.05) is 43.3 Å². The van der Waals surface area contributed by atoms with Crippen molar-refractivity contribution in [2.45, 2.75) is 19.6 Å². The van der Waals surface area contributed by atoms with Gasteiger partial charge in [-0.3, -0.25) is 4.68 Å². The van der Waals surface area contributed by atoms with Crippen molar-refractivity contribution < 1.29 is 4.74 Å². The summed E-state index contributed by atoms with van der Waals surface area (Å²) in [6, 6.07) is 8.33. The first-order valence-corrected chi connectivity index (χ1v) is 9.02. The molecular formula is C20H23N7O. The van der Waals surface area contributed by atoms with Gasteiger partial charge in [-0.25, -0.2) is 9.97 Å². The minimum Gasteiger partial charge on any atom is -0.381 e. The molecule has 0 radical (unpaired) electrons. The molecule has 0 aromatic carbocycles. The molecule has 4 aromatic heterocycles. The summed E-state index contributed by atoms with van der Waals surface area (Å²) in [4.78, 5) is 8.93. The lowest BCUT2D eigenvalue weighted by Crippen LogP contribution is -2.12. The molecule has 0 aliphatic carbocycles. The van der Waals surface area contributed by atoms with Gasteiger partial charge in [0.1, 0.15) is 0 Å². The number of methoxy groups -OCH3 is 1. The predicted octanol–water partition coefficient (Wildman–Crippen LogP) is 3.03. The summed E-state index contributed by atoms with van der Waals surface area (Å²) >= 11 is 0. The molecule has 4 heterocycles. The van der Waals surface area contributed by atoms with Crippen molar-refractivity contribution in [3.05, 3.63) is 60.3 Å². The first-order chi connectivity index (χ1) is 13.5. The van der Waals surface area contributed by atoms with E-state index in [1.807, 2.05) is 13.2 Å². The summed E-state index contributed by atoms with van der Waals surface area (Å²) in [6.45, 7) is 2.63. The second-order valence-corrected chi connectivity index (χ2v) is 6.77. The quantitative estimate of drug-likeness (QED) is 0.536. The van der Waals surface area contributed by atoms with Gasteiger partial charge in [-0.2, -0.15) is 5.10 Å². The van der Waals surface area contributed by atoms with Crippen LogP contribution in [0.2, 0.25) is 0 Å². The molecule has 4 aromatic rings. The molecule has 28 heavy (non-hydrogen) atoms. The molecule has 144 valence electrons. The van der Waals surface area contributed by atoms with Crippen LogP contribution in [0.5, 0.6) is 0 Å². The zero-order chi connectivity index (χ0) is 19.7. The smallest absolute Gasteiger partial charge is 0.170 e. The molecule has 0 unspecified atom stereocenters. The highest BCUT2D eigenvalue weighted by Gasteiger charge is 2.13. The number of rotatable bonds is 6. The van der Waals surface area contributed by atoms with Crippen LogP contribution in [-0.4, -0.2) is 31.3 Å². The van der Waals surface area contributed by atoms with Gasteiger partial charge in [0.25, 0.3) is 0 Å². The lowest BCUT2D eigenvalue weighted by atomic mass is 10.1. The number of hydrogen-bond acceptors (Lipinski definition) is 6. The zero-order valence-corrected chi connectivity index (χ0v) is 16.1. The third kappa shape index (κ3) is 3.41. The third-order valence-corrected chi connectivity index (χ3v) is 4.71. The lowest BCUT2D eigenvalue weighted by Gasteiger charge is -2.17. The second kappa shape index (κ2) is 7.32. The molecule has 8 heteroatoms. The van der Waals surface area contributed by atoms with Gasteiger partial charge in [-0.1, -0.05) is 6.07 Å². The lowest BCUT2D eigenvalue weighted by molar-refractivity contribution is 0.181. The number of aryl methyl sites for hydroxylation is 1. The monoisotopic (exact) mass is 377 g/mol. The Labute approximate surface area is 163 Å². The summed E-state index contributed by atoms with van der Waals surface area (Å²) < 4.78 is 9.15. The molecule has 0 aliphatic rings. The Bertz CT molecular complexity index is 1110. The average molecular weight is 377 g/mol. The Hall–Kier alpha value is -3.39. The summed E-state index contributed by atoms with van der Waals surface area (Å²) in [5.74, 6) is 0.917. The zero-order valence-electron chi connectivity index (χ0n) is 16.1. The molecule has 8 nitrogen and oxygen atoms in total. The Balaban J connectivity index is 1.62. The van der Waals surface area contributed by atoms with E-state index in [9.17, 15) is 0 Å². The van der Waals surface area contributed by atoms with Crippen LogP contribution in [0.3, 0.4) is 0 Å². The van der Waals surface area contributed by atoms with E-state index < -0.39 is 0 Å². The number of pyridine rings is 1. The summed E-state index contributed by atoms with van der Waals surface area (Å²) in [7, 11) is 3.56. The van der Waals surface area contributed by atoms with E-state index in [0.717, 1.165) is 28.0 Å². The highest BCUT2D eigenvalue weighted by molar-refractivity contribution is 5.65. The maximum atomic E-state index is 6.06. The van der Waals surface area contributed by atoms with Crippen molar-refractivity contribution in [1.82, 2.24) is 24.1 Å². The summed E-state index contributed by atoms with van der Waals surface area (Å²) in [5, 5.41) is 7.57.